The third kappa shape index (κ3) is 5.62. The van der Waals surface area contributed by atoms with Gasteiger partial charge in [-0.15, -0.1) is 0 Å². The molecular formula is C28H26N2O6S. The lowest BCUT2D eigenvalue weighted by Gasteiger charge is -2.21. The molecule has 0 N–H and O–H groups in total. The number of rotatable bonds is 7. The molecule has 1 atom stereocenters. The average molecular weight is 519 g/mol. The van der Waals surface area contributed by atoms with Crippen LogP contribution in [0.15, 0.2) is 75.7 Å². The normalized spacial score (nSPS) is 15.4. The van der Waals surface area contributed by atoms with E-state index in [2.05, 4.69) is 4.99 Å². The van der Waals surface area contributed by atoms with Crippen molar-refractivity contribution in [2.24, 2.45) is 4.99 Å². The number of methoxy groups -OCH3 is 1. The minimum Gasteiger partial charge on any atom is -0.493 e. The number of carbonyl (C=O) groups excluding carboxylic acids is 2. The summed E-state index contributed by atoms with van der Waals surface area (Å²) in [6, 6.07) is 14.0. The molecule has 0 aliphatic carbocycles. The van der Waals surface area contributed by atoms with Crippen molar-refractivity contribution in [1.29, 1.82) is 0 Å². The number of allylic oxidation sites excluding steroid dienone is 2. The van der Waals surface area contributed by atoms with Crippen molar-refractivity contribution < 1.29 is 23.8 Å². The Labute approximate surface area is 217 Å². The topological polar surface area (TPSA) is 96.2 Å². The first-order chi connectivity index (χ1) is 17.8. The highest BCUT2D eigenvalue weighted by molar-refractivity contribution is 7.07. The van der Waals surface area contributed by atoms with Crippen molar-refractivity contribution in [2.75, 3.05) is 13.7 Å². The lowest BCUT2D eigenvalue weighted by atomic mass is 10.0. The van der Waals surface area contributed by atoms with Gasteiger partial charge >= 0.3 is 11.9 Å². The van der Waals surface area contributed by atoms with Gasteiger partial charge < -0.3 is 14.2 Å². The third-order valence-electron chi connectivity index (χ3n) is 5.57. The highest BCUT2D eigenvalue weighted by Crippen LogP contribution is 2.29. The lowest BCUT2D eigenvalue weighted by molar-refractivity contribution is -0.139. The fraction of sp³-hybridized carbons (Fsp3) is 0.214. The predicted molar refractivity (Wildman–Crippen MR) is 141 cm³/mol. The number of hydrogen-bond acceptors (Lipinski definition) is 8. The number of thiazole rings is 1. The van der Waals surface area contributed by atoms with Gasteiger partial charge in [-0.2, -0.15) is 0 Å². The van der Waals surface area contributed by atoms with Crippen LogP contribution in [0.5, 0.6) is 11.5 Å². The second-order valence-electron chi connectivity index (χ2n) is 8.12. The van der Waals surface area contributed by atoms with E-state index in [-0.39, 0.29) is 17.9 Å². The highest BCUT2D eigenvalue weighted by atomic mass is 32.1. The van der Waals surface area contributed by atoms with E-state index in [4.69, 9.17) is 14.2 Å². The molecule has 0 bridgehead atoms. The van der Waals surface area contributed by atoms with E-state index >= 15 is 0 Å². The van der Waals surface area contributed by atoms with Crippen molar-refractivity contribution in [3.63, 3.8) is 0 Å². The molecule has 190 valence electrons. The molecule has 9 heteroatoms. The van der Waals surface area contributed by atoms with Crippen LogP contribution in [0.3, 0.4) is 0 Å². The molecule has 0 saturated heterocycles. The lowest BCUT2D eigenvalue weighted by Crippen LogP contribution is -2.38. The molecular weight excluding hydrogens is 492 g/mol. The Hall–Kier alpha value is -4.24. The number of hydrogen-bond donors (Lipinski definition) is 0. The predicted octanol–water partition coefficient (Wildman–Crippen LogP) is 3.40. The summed E-state index contributed by atoms with van der Waals surface area (Å²) in [4.78, 5) is 42.9. The Balaban J connectivity index is 1.83. The van der Waals surface area contributed by atoms with E-state index in [1.165, 1.54) is 29.9 Å². The molecule has 4 rings (SSSR count). The van der Waals surface area contributed by atoms with Gasteiger partial charge in [-0.1, -0.05) is 59.9 Å². The molecule has 0 radical (unpaired) electrons. The highest BCUT2D eigenvalue weighted by Gasteiger charge is 2.30. The maximum Gasteiger partial charge on any atom is 0.338 e. The number of aromatic nitrogens is 1. The van der Waals surface area contributed by atoms with Gasteiger partial charge in [0.1, 0.15) is 0 Å². The summed E-state index contributed by atoms with van der Waals surface area (Å²) in [5.41, 5.74) is 2.14. The van der Waals surface area contributed by atoms with Crippen LogP contribution < -0.4 is 24.4 Å². The summed E-state index contributed by atoms with van der Waals surface area (Å²) < 4.78 is 17.7. The first-order valence-electron chi connectivity index (χ1n) is 11.6. The Kier molecular flexibility index (Phi) is 7.83. The van der Waals surface area contributed by atoms with Gasteiger partial charge in [0.05, 0.1) is 35.6 Å². The average Bonchev–Trinajstić information content (AvgIpc) is 3.17. The van der Waals surface area contributed by atoms with E-state index in [0.717, 1.165) is 5.56 Å². The van der Waals surface area contributed by atoms with Crippen LogP contribution in [0.1, 0.15) is 37.9 Å². The Morgan fingerprint density at radius 1 is 1.11 bits per heavy atom. The fourth-order valence-electron chi connectivity index (χ4n) is 3.95. The van der Waals surface area contributed by atoms with Crippen LogP contribution in [-0.2, 0) is 14.3 Å². The van der Waals surface area contributed by atoms with Crippen LogP contribution in [0.2, 0.25) is 0 Å². The van der Waals surface area contributed by atoms with E-state index < -0.39 is 18.0 Å². The Bertz CT molecular complexity index is 1580. The van der Waals surface area contributed by atoms with E-state index in [9.17, 15) is 14.4 Å². The number of nitrogens with zero attached hydrogens (tertiary/aromatic N) is 2. The summed E-state index contributed by atoms with van der Waals surface area (Å²) in [7, 11) is 1.47. The maximum atomic E-state index is 13.6. The van der Waals surface area contributed by atoms with Crippen molar-refractivity contribution in [3.05, 3.63) is 96.7 Å². The van der Waals surface area contributed by atoms with Crippen LogP contribution >= 0.6 is 11.3 Å². The van der Waals surface area contributed by atoms with E-state index in [0.29, 0.717) is 31.9 Å². The number of ether oxygens (including phenoxy) is 3. The van der Waals surface area contributed by atoms with Crippen molar-refractivity contribution >= 4 is 35.4 Å². The summed E-state index contributed by atoms with van der Waals surface area (Å²) in [5.74, 6) is -0.322. The molecule has 3 aromatic rings. The summed E-state index contributed by atoms with van der Waals surface area (Å²) in [6.07, 6.45) is 5.40. The SMILES string of the molecule is CCOC(=O)C1=C(C)N=c2sc(=Cc3ccc(OC(C)=O)c(OC)c3)c(=O)n2[C@H]1/C=C/c1ccccc1. The van der Waals surface area contributed by atoms with Gasteiger partial charge in [0.15, 0.2) is 16.3 Å². The quantitative estimate of drug-likeness (QED) is 0.351. The summed E-state index contributed by atoms with van der Waals surface area (Å²) >= 11 is 1.22. The van der Waals surface area contributed by atoms with Crippen molar-refractivity contribution in [1.82, 2.24) is 4.57 Å². The molecule has 1 aliphatic rings. The number of esters is 2. The first kappa shape index (κ1) is 25.8. The first-order valence-corrected chi connectivity index (χ1v) is 12.4. The smallest absolute Gasteiger partial charge is 0.338 e. The third-order valence-corrected chi connectivity index (χ3v) is 6.55. The van der Waals surface area contributed by atoms with Gasteiger partial charge in [-0.05, 0) is 43.2 Å². The molecule has 2 aromatic carbocycles. The molecule has 0 unspecified atom stereocenters. The molecule has 8 nitrogen and oxygen atoms in total. The van der Waals surface area contributed by atoms with Crippen LogP contribution in [0.25, 0.3) is 12.2 Å². The van der Waals surface area contributed by atoms with Gasteiger partial charge in [0.25, 0.3) is 5.56 Å². The van der Waals surface area contributed by atoms with Gasteiger partial charge in [-0.3, -0.25) is 14.2 Å². The molecule has 0 saturated carbocycles. The second-order valence-corrected chi connectivity index (χ2v) is 9.13. The zero-order valence-electron chi connectivity index (χ0n) is 20.9. The summed E-state index contributed by atoms with van der Waals surface area (Å²) in [6.45, 7) is 4.99. The minimum absolute atomic E-state index is 0.209. The van der Waals surface area contributed by atoms with Gasteiger partial charge in [0, 0.05) is 6.92 Å². The zero-order chi connectivity index (χ0) is 26.5. The zero-order valence-corrected chi connectivity index (χ0v) is 21.7. The molecule has 0 amide bonds. The maximum absolute atomic E-state index is 13.6. The number of fused-ring (bicyclic) bond motifs is 1. The fourth-order valence-corrected chi connectivity index (χ4v) is 5.00. The van der Waals surface area contributed by atoms with Crippen molar-refractivity contribution in [3.8, 4) is 11.5 Å². The molecule has 0 spiro atoms. The molecule has 1 aromatic heterocycles. The standard InChI is InChI=1S/C28H26N2O6S/c1-5-35-27(33)25-17(2)29-28-30(21(25)13-11-19-9-7-6-8-10-19)26(32)24(37-28)16-20-12-14-22(36-18(3)31)23(15-20)34-4/h6-16,21H,5H2,1-4H3/b13-11+,24-16?/t21-/m0/s1. The minimum atomic E-state index is -0.682. The number of carbonyl (C=O) groups is 2. The van der Waals surface area contributed by atoms with Crippen LogP contribution in [0.4, 0.5) is 0 Å². The molecule has 1 aliphatic heterocycles. The molecule has 0 fully saturated rings. The number of benzene rings is 2. The van der Waals surface area contributed by atoms with E-state index in [1.54, 1.807) is 38.1 Å². The van der Waals surface area contributed by atoms with E-state index in [1.807, 2.05) is 42.5 Å². The van der Waals surface area contributed by atoms with Crippen LogP contribution in [-0.4, -0.2) is 30.2 Å². The summed E-state index contributed by atoms with van der Waals surface area (Å²) in [5, 5.41) is 0. The molecule has 2 heterocycles. The largest absolute Gasteiger partial charge is 0.493 e. The van der Waals surface area contributed by atoms with Crippen LogP contribution in [0, 0.1) is 0 Å². The Morgan fingerprint density at radius 3 is 2.54 bits per heavy atom. The second kappa shape index (κ2) is 11.2. The van der Waals surface area contributed by atoms with Gasteiger partial charge in [0.2, 0.25) is 0 Å². The van der Waals surface area contributed by atoms with Gasteiger partial charge in [-0.25, -0.2) is 9.79 Å². The Morgan fingerprint density at radius 2 is 1.86 bits per heavy atom. The molecule has 37 heavy (non-hydrogen) atoms. The van der Waals surface area contributed by atoms with Crippen molar-refractivity contribution in [2.45, 2.75) is 26.8 Å². The monoisotopic (exact) mass is 518 g/mol.